The van der Waals surface area contributed by atoms with E-state index in [1.165, 1.54) is 25.7 Å². The van der Waals surface area contributed by atoms with Gasteiger partial charge in [-0.05, 0) is 50.9 Å². The van der Waals surface area contributed by atoms with E-state index in [9.17, 15) is 4.79 Å². The van der Waals surface area contributed by atoms with Gasteiger partial charge in [0.25, 0.3) is 0 Å². The van der Waals surface area contributed by atoms with Gasteiger partial charge in [-0.15, -0.1) is 0 Å². The number of carbonyl (C=O) groups excluding carboxylic acids is 1. The number of amides is 1. The average Bonchev–Trinajstić information content (AvgIpc) is 3.07. The Hall–Kier alpha value is -1.32. The fourth-order valence-electron chi connectivity index (χ4n) is 4.18. The Morgan fingerprint density at radius 3 is 2.85 bits per heavy atom. The first-order valence-corrected chi connectivity index (χ1v) is 7.82. The summed E-state index contributed by atoms with van der Waals surface area (Å²) in [5.74, 6) is 2.58. The molecule has 2 bridgehead atoms. The van der Waals surface area contributed by atoms with Gasteiger partial charge in [0.1, 0.15) is 0 Å². The first kappa shape index (κ1) is 13.7. The Morgan fingerprint density at radius 1 is 1.50 bits per heavy atom. The van der Waals surface area contributed by atoms with Crippen molar-refractivity contribution in [3.63, 3.8) is 0 Å². The van der Waals surface area contributed by atoms with Crippen molar-refractivity contribution in [3.8, 4) is 0 Å². The van der Waals surface area contributed by atoms with E-state index in [1.54, 1.807) is 0 Å². The van der Waals surface area contributed by atoms with Crippen molar-refractivity contribution in [2.24, 2.45) is 24.8 Å². The van der Waals surface area contributed by atoms with E-state index in [-0.39, 0.29) is 11.9 Å². The molecule has 2 aliphatic carbocycles. The van der Waals surface area contributed by atoms with Crippen LogP contribution in [0.2, 0.25) is 0 Å². The topological polar surface area (TPSA) is 46.9 Å². The Morgan fingerprint density at radius 2 is 2.30 bits per heavy atom. The van der Waals surface area contributed by atoms with Crippen LogP contribution in [-0.2, 0) is 11.8 Å². The molecule has 2 fully saturated rings. The van der Waals surface area contributed by atoms with Crippen molar-refractivity contribution < 1.29 is 4.79 Å². The van der Waals surface area contributed by atoms with E-state index < -0.39 is 0 Å². The first-order valence-electron chi connectivity index (χ1n) is 7.82. The fraction of sp³-hybridized carbons (Fsp3) is 0.750. The minimum atomic E-state index is 0.0507. The molecule has 1 amide bonds. The SMILES string of the molecule is Cc1c(C(C)NC(=O)CC2CC3CCC2C3)cnn1C. The van der Waals surface area contributed by atoms with Gasteiger partial charge in [-0.1, -0.05) is 6.42 Å². The maximum absolute atomic E-state index is 12.2. The molecule has 2 saturated carbocycles. The standard InChI is InChI=1S/C16H25N3O/c1-10(15-9-17-19(3)11(15)2)18-16(20)8-14-7-12-4-5-13(14)6-12/h9-10,12-14H,4-8H2,1-3H3,(H,18,20). The van der Waals surface area contributed by atoms with Gasteiger partial charge in [-0.25, -0.2) is 0 Å². The molecule has 4 heteroatoms. The van der Waals surface area contributed by atoms with E-state index in [0.717, 1.165) is 23.1 Å². The van der Waals surface area contributed by atoms with E-state index in [1.807, 2.05) is 31.8 Å². The number of nitrogens with zero attached hydrogens (tertiary/aromatic N) is 2. The Kier molecular flexibility index (Phi) is 3.57. The molecule has 20 heavy (non-hydrogen) atoms. The summed E-state index contributed by atoms with van der Waals surface area (Å²) >= 11 is 0. The minimum absolute atomic E-state index is 0.0507. The van der Waals surface area contributed by atoms with E-state index in [0.29, 0.717) is 12.3 Å². The lowest BCUT2D eigenvalue weighted by atomic mass is 9.86. The van der Waals surface area contributed by atoms with Crippen LogP contribution in [0.25, 0.3) is 0 Å². The number of rotatable bonds is 4. The predicted octanol–water partition coefficient (Wildman–Crippen LogP) is 2.73. The minimum Gasteiger partial charge on any atom is -0.349 e. The number of carbonyl (C=O) groups is 1. The van der Waals surface area contributed by atoms with Crippen molar-refractivity contribution in [1.82, 2.24) is 15.1 Å². The Labute approximate surface area is 120 Å². The molecule has 1 aromatic rings. The fourth-order valence-corrected chi connectivity index (χ4v) is 4.18. The molecule has 4 unspecified atom stereocenters. The van der Waals surface area contributed by atoms with Crippen LogP contribution in [0.3, 0.4) is 0 Å². The van der Waals surface area contributed by atoms with Gasteiger partial charge in [0, 0.05) is 24.7 Å². The monoisotopic (exact) mass is 275 g/mol. The lowest BCUT2D eigenvalue weighted by Crippen LogP contribution is -2.29. The van der Waals surface area contributed by atoms with Crippen LogP contribution in [-0.4, -0.2) is 15.7 Å². The number of aryl methyl sites for hydroxylation is 1. The van der Waals surface area contributed by atoms with Gasteiger partial charge < -0.3 is 5.32 Å². The highest BCUT2D eigenvalue weighted by Gasteiger charge is 2.40. The summed E-state index contributed by atoms with van der Waals surface area (Å²) in [6.07, 6.45) is 7.96. The third-order valence-electron chi connectivity index (χ3n) is 5.45. The number of hydrogen-bond donors (Lipinski definition) is 1. The summed E-state index contributed by atoms with van der Waals surface area (Å²) in [4.78, 5) is 12.2. The summed E-state index contributed by atoms with van der Waals surface area (Å²) in [5, 5.41) is 7.39. The summed E-state index contributed by atoms with van der Waals surface area (Å²) in [5.41, 5.74) is 2.24. The number of fused-ring (bicyclic) bond motifs is 2. The van der Waals surface area contributed by atoms with Crippen molar-refractivity contribution in [2.45, 2.75) is 52.0 Å². The molecule has 0 spiro atoms. The van der Waals surface area contributed by atoms with E-state index >= 15 is 0 Å². The summed E-state index contributed by atoms with van der Waals surface area (Å²) in [7, 11) is 1.93. The number of nitrogens with one attached hydrogen (secondary N) is 1. The van der Waals surface area contributed by atoms with Crippen LogP contribution in [0.15, 0.2) is 6.20 Å². The van der Waals surface area contributed by atoms with Crippen LogP contribution in [0.1, 0.15) is 56.3 Å². The lowest BCUT2D eigenvalue weighted by Gasteiger charge is -2.22. The smallest absolute Gasteiger partial charge is 0.220 e. The van der Waals surface area contributed by atoms with Crippen molar-refractivity contribution in [3.05, 3.63) is 17.5 Å². The van der Waals surface area contributed by atoms with Crippen LogP contribution in [0, 0.1) is 24.7 Å². The zero-order chi connectivity index (χ0) is 14.3. The highest BCUT2D eigenvalue weighted by molar-refractivity contribution is 5.76. The lowest BCUT2D eigenvalue weighted by molar-refractivity contribution is -0.123. The molecule has 0 aliphatic heterocycles. The molecule has 4 nitrogen and oxygen atoms in total. The second-order valence-electron chi connectivity index (χ2n) is 6.74. The maximum Gasteiger partial charge on any atom is 0.220 e. The summed E-state index contributed by atoms with van der Waals surface area (Å²) < 4.78 is 1.86. The van der Waals surface area contributed by atoms with Gasteiger partial charge in [0.2, 0.25) is 5.91 Å². The summed E-state index contributed by atoms with van der Waals surface area (Å²) in [6, 6.07) is 0.0507. The van der Waals surface area contributed by atoms with Crippen LogP contribution in [0.4, 0.5) is 0 Å². The van der Waals surface area contributed by atoms with Crippen LogP contribution >= 0.6 is 0 Å². The van der Waals surface area contributed by atoms with Crippen LogP contribution in [0.5, 0.6) is 0 Å². The van der Waals surface area contributed by atoms with Crippen molar-refractivity contribution in [2.75, 3.05) is 0 Å². The molecular weight excluding hydrogens is 250 g/mol. The van der Waals surface area contributed by atoms with Gasteiger partial charge in [0.15, 0.2) is 0 Å². The molecule has 110 valence electrons. The highest BCUT2D eigenvalue weighted by Crippen LogP contribution is 2.49. The Balaban J connectivity index is 1.55. The molecular formula is C16H25N3O. The molecule has 0 radical (unpaired) electrons. The van der Waals surface area contributed by atoms with Crippen molar-refractivity contribution >= 4 is 5.91 Å². The highest BCUT2D eigenvalue weighted by atomic mass is 16.1. The van der Waals surface area contributed by atoms with Gasteiger partial charge >= 0.3 is 0 Å². The number of aromatic nitrogens is 2. The zero-order valence-electron chi connectivity index (χ0n) is 12.7. The molecule has 3 rings (SSSR count). The van der Waals surface area contributed by atoms with E-state index in [4.69, 9.17) is 0 Å². The third-order valence-corrected chi connectivity index (χ3v) is 5.45. The molecule has 1 heterocycles. The molecule has 1 aromatic heterocycles. The predicted molar refractivity (Wildman–Crippen MR) is 78.1 cm³/mol. The second kappa shape index (κ2) is 5.23. The van der Waals surface area contributed by atoms with Gasteiger partial charge in [-0.2, -0.15) is 5.10 Å². The largest absolute Gasteiger partial charge is 0.349 e. The van der Waals surface area contributed by atoms with Crippen LogP contribution < -0.4 is 5.32 Å². The quantitative estimate of drug-likeness (QED) is 0.918. The number of hydrogen-bond acceptors (Lipinski definition) is 2. The molecule has 2 aliphatic rings. The second-order valence-corrected chi connectivity index (χ2v) is 6.74. The molecule has 0 aromatic carbocycles. The van der Waals surface area contributed by atoms with E-state index in [2.05, 4.69) is 10.4 Å². The Bertz CT molecular complexity index is 508. The summed E-state index contributed by atoms with van der Waals surface area (Å²) in [6.45, 7) is 4.09. The maximum atomic E-state index is 12.2. The van der Waals surface area contributed by atoms with Gasteiger partial charge in [0.05, 0.1) is 12.2 Å². The molecule has 4 atom stereocenters. The molecule has 0 saturated heterocycles. The van der Waals surface area contributed by atoms with Crippen molar-refractivity contribution in [1.29, 1.82) is 0 Å². The molecule has 1 N–H and O–H groups in total. The first-order chi connectivity index (χ1) is 9.54. The normalized spacial score (nSPS) is 29.6. The van der Waals surface area contributed by atoms with Gasteiger partial charge in [-0.3, -0.25) is 9.48 Å². The third kappa shape index (κ3) is 2.48. The average molecular weight is 275 g/mol. The zero-order valence-corrected chi connectivity index (χ0v) is 12.7.